The minimum atomic E-state index is -0.388. The van der Waals surface area contributed by atoms with Crippen LogP contribution in [0.1, 0.15) is 40.0 Å². The van der Waals surface area contributed by atoms with Gasteiger partial charge in [0.1, 0.15) is 0 Å². The van der Waals surface area contributed by atoms with Crippen LogP contribution in [0, 0.1) is 0 Å². The predicted octanol–water partition coefficient (Wildman–Crippen LogP) is 1.24. The third-order valence-corrected chi connectivity index (χ3v) is 3.39. The largest absolute Gasteiger partial charge is 0.389 e. The van der Waals surface area contributed by atoms with Crippen molar-refractivity contribution in [3.63, 3.8) is 0 Å². The fourth-order valence-corrected chi connectivity index (χ4v) is 2.34. The number of nitrogens with one attached hydrogen (secondary N) is 1. The maximum absolute atomic E-state index is 9.77. The lowest BCUT2D eigenvalue weighted by Gasteiger charge is -2.32. The highest BCUT2D eigenvalue weighted by Gasteiger charge is 2.18. The Labute approximate surface area is 112 Å². The van der Waals surface area contributed by atoms with Crippen molar-refractivity contribution in [2.45, 2.75) is 58.3 Å². The van der Waals surface area contributed by atoms with Crippen LogP contribution in [0.3, 0.4) is 0 Å². The van der Waals surface area contributed by atoms with Crippen molar-refractivity contribution >= 4 is 0 Å². The van der Waals surface area contributed by atoms with Crippen LogP contribution < -0.4 is 5.32 Å². The van der Waals surface area contributed by atoms with Gasteiger partial charge < -0.3 is 20.1 Å². The van der Waals surface area contributed by atoms with Gasteiger partial charge in [0.15, 0.2) is 0 Å². The summed E-state index contributed by atoms with van der Waals surface area (Å²) in [6, 6.07) is 0.562. The summed E-state index contributed by atoms with van der Waals surface area (Å²) >= 11 is 0. The molecular weight excluding hydrogens is 228 g/mol. The van der Waals surface area contributed by atoms with E-state index in [4.69, 9.17) is 4.74 Å². The molecule has 1 rings (SSSR count). The first-order valence-corrected chi connectivity index (χ1v) is 7.37. The van der Waals surface area contributed by atoms with E-state index >= 15 is 0 Å². The van der Waals surface area contributed by atoms with Gasteiger partial charge in [-0.3, -0.25) is 0 Å². The van der Waals surface area contributed by atoms with Gasteiger partial charge in [-0.15, -0.1) is 0 Å². The van der Waals surface area contributed by atoms with Crippen LogP contribution in [0.5, 0.6) is 0 Å². The zero-order valence-corrected chi connectivity index (χ0v) is 12.2. The van der Waals surface area contributed by atoms with Crippen LogP contribution in [0.15, 0.2) is 0 Å². The molecule has 0 radical (unpaired) electrons. The van der Waals surface area contributed by atoms with E-state index in [1.165, 1.54) is 38.9 Å². The second-order valence-electron chi connectivity index (χ2n) is 5.56. The van der Waals surface area contributed by atoms with Gasteiger partial charge >= 0.3 is 0 Å². The monoisotopic (exact) mass is 258 g/mol. The molecule has 0 amide bonds. The van der Waals surface area contributed by atoms with E-state index < -0.39 is 0 Å². The summed E-state index contributed by atoms with van der Waals surface area (Å²) in [6.45, 7) is 10.9. The zero-order valence-electron chi connectivity index (χ0n) is 12.2. The summed E-state index contributed by atoms with van der Waals surface area (Å²) in [5, 5.41) is 13.2. The summed E-state index contributed by atoms with van der Waals surface area (Å²) in [7, 11) is 0. The molecule has 0 aromatic rings. The molecule has 1 aliphatic rings. The molecule has 4 heteroatoms. The van der Waals surface area contributed by atoms with Crippen molar-refractivity contribution in [3.05, 3.63) is 0 Å². The number of likely N-dealkylation sites (tertiary alicyclic amines) is 1. The van der Waals surface area contributed by atoms with E-state index in [2.05, 4.69) is 17.1 Å². The predicted molar refractivity (Wildman–Crippen MR) is 74.9 cm³/mol. The van der Waals surface area contributed by atoms with Crippen molar-refractivity contribution in [1.82, 2.24) is 10.2 Å². The lowest BCUT2D eigenvalue weighted by molar-refractivity contribution is 0.00462. The molecule has 0 spiro atoms. The number of hydrogen-bond acceptors (Lipinski definition) is 4. The topological polar surface area (TPSA) is 44.7 Å². The number of aliphatic hydroxyl groups is 1. The van der Waals surface area contributed by atoms with E-state index in [1.807, 2.05) is 13.8 Å². The number of rotatable bonds is 8. The van der Waals surface area contributed by atoms with Crippen molar-refractivity contribution in [2.75, 3.05) is 32.8 Å². The van der Waals surface area contributed by atoms with Gasteiger partial charge in [-0.2, -0.15) is 0 Å². The normalized spacial score (nSPS) is 20.5. The molecule has 1 saturated heterocycles. The minimum Gasteiger partial charge on any atom is -0.389 e. The lowest BCUT2D eigenvalue weighted by Crippen LogP contribution is -2.45. The average Bonchev–Trinajstić information content (AvgIpc) is 2.36. The number of hydrogen-bond donors (Lipinski definition) is 2. The van der Waals surface area contributed by atoms with Crippen molar-refractivity contribution in [2.24, 2.45) is 0 Å². The fraction of sp³-hybridized carbons (Fsp3) is 1.00. The van der Waals surface area contributed by atoms with Gasteiger partial charge in [0, 0.05) is 12.6 Å². The lowest BCUT2D eigenvalue weighted by atomic mass is 10.0. The molecule has 1 fully saturated rings. The highest BCUT2D eigenvalue weighted by Crippen LogP contribution is 2.10. The minimum absolute atomic E-state index is 0.192. The highest BCUT2D eigenvalue weighted by molar-refractivity contribution is 4.77. The first-order chi connectivity index (χ1) is 8.61. The first kappa shape index (κ1) is 15.9. The molecule has 0 aromatic heterocycles. The summed E-state index contributed by atoms with van der Waals surface area (Å²) in [5.41, 5.74) is 0. The molecule has 1 atom stereocenters. The molecule has 4 nitrogen and oxygen atoms in total. The van der Waals surface area contributed by atoms with E-state index in [0.717, 1.165) is 0 Å². The van der Waals surface area contributed by atoms with E-state index in [9.17, 15) is 5.11 Å². The Kier molecular flexibility index (Phi) is 7.82. The zero-order chi connectivity index (χ0) is 13.4. The third kappa shape index (κ3) is 6.69. The Bertz CT molecular complexity index is 204. The smallest absolute Gasteiger partial charge is 0.0897 e. The molecular formula is C14H30N2O2. The Morgan fingerprint density at radius 2 is 2.00 bits per heavy atom. The van der Waals surface area contributed by atoms with Crippen LogP contribution in [0.25, 0.3) is 0 Å². The highest BCUT2D eigenvalue weighted by atomic mass is 16.5. The fourth-order valence-electron chi connectivity index (χ4n) is 2.34. The number of piperidine rings is 1. The van der Waals surface area contributed by atoms with Crippen LogP contribution in [-0.2, 0) is 4.74 Å². The Balaban J connectivity index is 2.06. The van der Waals surface area contributed by atoms with E-state index in [0.29, 0.717) is 19.2 Å². The third-order valence-electron chi connectivity index (χ3n) is 3.39. The van der Waals surface area contributed by atoms with Gasteiger partial charge in [0.2, 0.25) is 0 Å². The maximum atomic E-state index is 9.77. The second-order valence-corrected chi connectivity index (χ2v) is 5.56. The van der Waals surface area contributed by atoms with Crippen LogP contribution in [0.4, 0.5) is 0 Å². The summed E-state index contributed by atoms with van der Waals surface area (Å²) < 4.78 is 5.39. The van der Waals surface area contributed by atoms with Crippen LogP contribution in [-0.4, -0.2) is 61.0 Å². The van der Waals surface area contributed by atoms with Crippen molar-refractivity contribution in [1.29, 1.82) is 0 Å². The second kappa shape index (κ2) is 8.86. The standard InChI is InChI=1S/C14H30N2O2/c1-4-7-16-8-5-13(6-9-16)15-10-14(17)11-18-12(2)3/h12-15,17H,4-11H2,1-3H3. The molecule has 0 saturated carbocycles. The number of nitrogens with zero attached hydrogens (tertiary/aromatic N) is 1. The van der Waals surface area contributed by atoms with Crippen LogP contribution >= 0.6 is 0 Å². The SMILES string of the molecule is CCCN1CCC(NCC(O)COC(C)C)CC1. The number of ether oxygens (including phenoxy) is 1. The Morgan fingerprint density at radius 3 is 2.56 bits per heavy atom. The average molecular weight is 258 g/mol. The molecule has 0 bridgehead atoms. The van der Waals surface area contributed by atoms with Gasteiger partial charge in [-0.25, -0.2) is 0 Å². The molecule has 108 valence electrons. The van der Waals surface area contributed by atoms with Crippen molar-refractivity contribution in [3.8, 4) is 0 Å². The quantitative estimate of drug-likeness (QED) is 0.687. The van der Waals surface area contributed by atoms with E-state index in [1.54, 1.807) is 0 Å². The molecule has 18 heavy (non-hydrogen) atoms. The van der Waals surface area contributed by atoms with Gasteiger partial charge in [0.25, 0.3) is 0 Å². The Morgan fingerprint density at radius 1 is 1.33 bits per heavy atom. The molecule has 1 heterocycles. The van der Waals surface area contributed by atoms with Gasteiger partial charge in [-0.1, -0.05) is 6.92 Å². The molecule has 1 aliphatic heterocycles. The van der Waals surface area contributed by atoms with Crippen molar-refractivity contribution < 1.29 is 9.84 Å². The summed E-state index contributed by atoms with van der Waals surface area (Å²) in [5.74, 6) is 0. The number of aliphatic hydroxyl groups excluding tert-OH is 1. The molecule has 2 N–H and O–H groups in total. The maximum Gasteiger partial charge on any atom is 0.0897 e. The van der Waals surface area contributed by atoms with E-state index in [-0.39, 0.29) is 12.2 Å². The molecule has 0 aromatic carbocycles. The molecule has 1 unspecified atom stereocenters. The summed E-state index contributed by atoms with van der Waals surface area (Å²) in [6.07, 6.45) is 3.43. The van der Waals surface area contributed by atoms with Gasteiger partial charge in [0.05, 0.1) is 18.8 Å². The summed E-state index contributed by atoms with van der Waals surface area (Å²) in [4.78, 5) is 2.52. The first-order valence-electron chi connectivity index (χ1n) is 7.37. The molecule has 0 aliphatic carbocycles. The van der Waals surface area contributed by atoms with Crippen LogP contribution in [0.2, 0.25) is 0 Å². The Hall–Kier alpha value is -0.160. The van der Waals surface area contributed by atoms with Gasteiger partial charge in [-0.05, 0) is 52.7 Å².